The van der Waals surface area contributed by atoms with Crippen molar-refractivity contribution in [2.45, 2.75) is 49.5 Å². The van der Waals surface area contributed by atoms with E-state index in [0.717, 1.165) is 21.4 Å². The summed E-state index contributed by atoms with van der Waals surface area (Å²) in [6.45, 7) is 0. The topological polar surface area (TPSA) is 25.8 Å². The number of hydrogen-bond acceptors (Lipinski definition) is 3. The first-order valence-corrected chi connectivity index (χ1v) is 8.26. The first-order valence-electron chi connectivity index (χ1n) is 6.48. The average molecular weight is 313 g/mol. The smallest absolute Gasteiger partial charge is 0.134 e. The molecule has 17 heavy (non-hydrogen) atoms. The predicted molar refractivity (Wildman–Crippen MR) is 74.4 cm³/mol. The molecule has 0 N–H and O–H groups in total. The van der Waals surface area contributed by atoms with Crippen molar-refractivity contribution in [1.82, 2.24) is 9.97 Å². The molecule has 0 bridgehead atoms. The van der Waals surface area contributed by atoms with Crippen LogP contribution in [0.25, 0.3) is 0 Å². The molecule has 92 valence electrons. The first-order chi connectivity index (χ1) is 8.31. The predicted octanol–water partition coefficient (Wildman–Crippen LogP) is 4.40. The molecule has 2 saturated carbocycles. The Morgan fingerprint density at radius 1 is 1.18 bits per heavy atom. The number of halogens is 1. The van der Waals surface area contributed by atoms with Crippen LogP contribution >= 0.6 is 27.7 Å². The number of thioether (sulfide) groups is 1. The Morgan fingerprint density at radius 2 is 1.94 bits per heavy atom. The molecular formula is C13H17BrN2S. The summed E-state index contributed by atoms with van der Waals surface area (Å²) in [5.74, 6) is 3.83. The molecule has 2 nitrogen and oxygen atoms in total. The lowest BCUT2D eigenvalue weighted by Gasteiger charge is -2.08. The maximum absolute atomic E-state index is 4.68. The van der Waals surface area contributed by atoms with Crippen molar-refractivity contribution in [3.63, 3.8) is 0 Å². The van der Waals surface area contributed by atoms with Gasteiger partial charge in [0.25, 0.3) is 0 Å². The van der Waals surface area contributed by atoms with E-state index in [4.69, 9.17) is 0 Å². The molecule has 0 aromatic carbocycles. The highest BCUT2D eigenvalue weighted by Crippen LogP contribution is 2.39. The summed E-state index contributed by atoms with van der Waals surface area (Å²) in [6, 6.07) is 2.06. The zero-order valence-corrected chi connectivity index (χ0v) is 12.3. The highest BCUT2D eigenvalue weighted by molar-refractivity contribution is 9.10. The fourth-order valence-corrected chi connectivity index (χ4v) is 4.03. The summed E-state index contributed by atoms with van der Waals surface area (Å²) >= 11 is 5.41. The lowest BCUT2D eigenvalue weighted by Crippen LogP contribution is -1.99. The van der Waals surface area contributed by atoms with Gasteiger partial charge in [0, 0.05) is 17.7 Å². The van der Waals surface area contributed by atoms with E-state index in [-0.39, 0.29) is 0 Å². The zero-order valence-electron chi connectivity index (χ0n) is 9.86. The van der Waals surface area contributed by atoms with E-state index in [0.29, 0.717) is 5.92 Å². The molecule has 0 saturated heterocycles. The highest BCUT2D eigenvalue weighted by atomic mass is 79.9. The molecule has 1 heterocycles. The van der Waals surface area contributed by atoms with Gasteiger partial charge in [-0.3, -0.25) is 0 Å². The van der Waals surface area contributed by atoms with Crippen molar-refractivity contribution in [3.8, 4) is 0 Å². The van der Waals surface area contributed by atoms with E-state index in [1.165, 1.54) is 44.3 Å². The van der Waals surface area contributed by atoms with E-state index in [1.807, 2.05) is 11.8 Å². The van der Waals surface area contributed by atoms with Crippen LogP contribution in [-0.4, -0.2) is 15.7 Å². The molecule has 4 heteroatoms. The van der Waals surface area contributed by atoms with Crippen LogP contribution in [-0.2, 0) is 0 Å². The minimum atomic E-state index is 0.637. The Balaban J connectivity index is 1.64. The minimum absolute atomic E-state index is 0.637. The summed E-state index contributed by atoms with van der Waals surface area (Å²) < 4.78 is 0.948. The van der Waals surface area contributed by atoms with E-state index >= 15 is 0 Å². The van der Waals surface area contributed by atoms with Crippen LogP contribution in [0.5, 0.6) is 0 Å². The Labute approximate surface area is 115 Å². The van der Waals surface area contributed by atoms with Crippen molar-refractivity contribution in [2.24, 2.45) is 5.92 Å². The largest absolute Gasteiger partial charge is 0.226 e. The second kappa shape index (κ2) is 5.27. The molecule has 0 atom stereocenters. The minimum Gasteiger partial charge on any atom is -0.226 e. The molecule has 2 aliphatic carbocycles. The first kappa shape index (κ1) is 12.0. The normalized spacial score (nSPS) is 21.0. The van der Waals surface area contributed by atoms with Crippen LogP contribution in [0.4, 0.5) is 0 Å². The quantitative estimate of drug-likeness (QED) is 0.609. The maximum atomic E-state index is 4.68. The zero-order chi connectivity index (χ0) is 11.7. The van der Waals surface area contributed by atoms with Crippen molar-refractivity contribution in [2.75, 3.05) is 5.75 Å². The van der Waals surface area contributed by atoms with Crippen molar-refractivity contribution < 1.29 is 0 Å². The lowest BCUT2D eigenvalue weighted by atomic mass is 10.1. The molecule has 0 spiro atoms. The summed E-state index contributed by atoms with van der Waals surface area (Å²) in [7, 11) is 0. The second-order valence-electron chi connectivity index (χ2n) is 5.12. The van der Waals surface area contributed by atoms with Gasteiger partial charge in [0.2, 0.25) is 0 Å². The number of aromatic nitrogens is 2. The standard InChI is InChI=1S/C13H17BrN2S/c14-11-7-12(16-13(15-11)10-5-6-10)17-8-9-3-1-2-4-9/h7,9-10H,1-6,8H2. The average Bonchev–Trinajstić information content (AvgIpc) is 3.04. The van der Waals surface area contributed by atoms with Gasteiger partial charge in [0.15, 0.2) is 0 Å². The fourth-order valence-electron chi connectivity index (χ4n) is 2.39. The van der Waals surface area contributed by atoms with Crippen molar-refractivity contribution >= 4 is 27.7 Å². The Bertz CT molecular complexity index is 400. The third-order valence-electron chi connectivity index (χ3n) is 3.57. The molecule has 2 aliphatic rings. The molecule has 2 fully saturated rings. The van der Waals surface area contributed by atoms with Gasteiger partial charge in [-0.1, -0.05) is 12.8 Å². The van der Waals surface area contributed by atoms with E-state index in [9.17, 15) is 0 Å². The maximum Gasteiger partial charge on any atom is 0.134 e. The van der Waals surface area contributed by atoms with Crippen molar-refractivity contribution in [1.29, 1.82) is 0 Å². The number of rotatable bonds is 4. The Morgan fingerprint density at radius 3 is 2.65 bits per heavy atom. The van der Waals surface area contributed by atoms with Gasteiger partial charge in [0.1, 0.15) is 15.5 Å². The molecular weight excluding hydrogens is 296 g/mol. The van der Waals surface area contributed by atoms with Gasteiger partial charge in [-0.25, -0.2) is 9.97 Å². The molecule has 0 unspecified atom stereocenters. The van der Waals surface area contributed by atoms with Crippen LogP contribution in [0.15, 0.2) is 15.7 Å². The summed E-state index contributed by atoms with van der Waals surface area (Å²) in [4.78, 5) is 9.15. The van der Waals surface area contributed by atoms with Gasteiger partial charge < -0.3 is 0 Å². The third-order valence-corrected chi connectivity index (χ3v) is 5.12. The summed E-state index contributed by atoms with van der Waals surface area (Å²) in [5.41, 5.74) is 0. The van der Waals surface area contributed by atoms with Crippen LogP contribution in [0.2, 0.25) is 0 Å². The van der Waals surface area contributed by atoms with E-state index < -0.39 is 0 Å². The highest BCUT2D eigenvalue weighted by Gasteiger charge is 2.27. The Hall–Kier alpha value is -0.0900. The SMILES string of the molecule is Brc1cc(SCC2CCCC2)nc(C2CC2)n1. The fraction of sp³-hybridized carbons (Fsp3) is 0.692. The van der Waals surface area contributed by atoms with E-state index in [2.05, 4.69) is 32.0 Å². The van der Waals surface area contributed by atoms with Gasteiger partial charge in [-0.05, 0) is 47.5 Å². The molecule has 1 aromatic rings. The molecule has 0 aliphatic heterocycles. The monoisotopic (exact) mass is 312 g/mol. The van der Waals surface area contributed by atoms with Gasteiger partial charge in [-0.2, -0.15) is 0 Å². The number of hydrogen-bond donors (Lipinski definition) is 0. The summed E-state index contributed by atoms with van der Waals surface area (Å²) in [5, 5.41) is 1.15. The Kier molecular flexibility index (Phi) is 3.71. The lowest BCUT2D eigenvalue weighted by molar-refractivity contribution is 0.622. The molecule has 0 amide bonds. The summed E-state index contributed by atoms with van der Waals surface area (Å²) in [6.07, 6.45) is 8.20. The molecule has 0 radical (unpaired) electrons. The second-order valence-corrected chi connectivity index (χ2v) is 6.98. The third kappa shape index (κ3) is 3.22. The van der Waals surface area contributed by atoms with Crippen LogP contribution in [0.3, 0.4) is 0 Å². The van der Waals surface area contributed by atoms with Crippen molar-refractivity contribution in [3.05, 3.63) is 16.5 Å². The van der Waals surface area contributed by atoms with Crippen LogP contribution < -0.4 is 0 Å². The van der Waals surface area contributed by atoms with Gasteiger partial charge >= 0.3 is 0 Å². The van der Waals surface area contributed by atoms with Gasteiger partial charge in [0.05, 0.1) is 0 Å². The number of nitrogens with zero attached hydrogens (tertiary/aromatic N) is 2. The molecule has 1 aromatic heterocycles. The van der Waals surface area contributed by atoms with Crippen LogP contribution in [0.1, 0.15) is 50.3 Å². The van der Waals surface area contributed by atoms with E-state index in [1.54, 1.807) is 0 Å². The molecule has 3 rings (SSSR count). The van der Waals surface area contributed by atoms with Gasteiger partial charge in [-0.15, -0.1) is 11.8 Å². The van der Waals surface area contributed by atoms with Crippen LogP contribution in [0, 0.1) is 5.92 Å².